The summed E-state index contributed by atoms with van der Waals surface area (Å²) in [6.45, 7) is 16.1. The lowest BCUT2D eigenvalue weighted by atomic mass is 9.83. The van der Waals surface area contributed by atoms with Crippen LogP contribution in [0, 0.1) is 35.5 Å². The van der Waals surface area contributed by atoms with Crippen LogP contribution in [0.3, 0.4) is 0 Å². The summed E-state index contributed by atoms with van der Waals surface area (Å²) in [4.78, 5) is 125. The minimum Gasteiger partial charge on any atom is -0.489 e. The molecule has 0 bridgehead atoms. The monoisotopic (exact) mass is 1120 g/mol. The van der Waals surface area contributed by atoms with Crippen molar-refractivity contribution in [3.63, 3.8) is 0 Å². The van der Waals surface area contributed by atoms with E-state index in [0.717, 1.165) is 24.0 Å². The predicted octanol–water partition coefficient (Wildman–Crippen LogP) is 8.21. The van der Waals surface area contributed by atoms with E-state index in [1.165, 1.54) is 5.06 Å². The number of amides is 5. The molecule has 2 aromatic carbocycles. The third kappa shape index (κ3) is 18.2. The van der Waals surface area contributed by atoms with Gasteiger partial charge >= 0.3 is 5.97 Å². The molecule has 444 valence electrons. The first-order valence-corrected chi connectivity index (χ1v) is 29.3. The molecule has 3 fully saturated rings. The zero-order valence-electron chi connectivity index (χ0n) is 49.7. The fraction of sp³-hybridized carbons (Fsp3) is 0.677. The van der Waals surface area contributed by atoms with Gasteiger partial charge in [-0.2, -0.15) is 0 Å². The number of methoxy groups -OCH3 is 2. The van der Waals surface area contributed by atoms with Gasteiger partial charge in [-0.15, -0.1) is 5.06 Å². The Labute approximate surface area is 475 Å². The SMILES string of the molecule is CC[C@H](C)[C@@H]([C@@H](CC(=O)N1CCC[C@H]1[C@H](OC)[C@@H](C)C(=O)C[C@@H](Cc1ccc(OCc2ccccc2)cc1)C(=O)N1CCCCO1)OC)N(C)C(=O)[C@@H](CC(=O)[C@H](C(C)C)N(C)CCCCCC(=O)ON1C(=O)CCC1=O)C(C)C. The largest absolute Gasteiger partial charge is 0.489 e. The Morgan fingerprint density at radius 1 is 0.750 bits per heavy atom. The molecule has 0 radical (unpaired) electrons. The standard InChI is InChI=1S/C62H93N5O13/c1-12-43(6)59(64(9)62(75)49(41(2)3)38-52(69)58(42(4)5)63(8)32-18-14-17-25-57(73)80-67-54(70)30-31-55(67)71)53(76-10)39-56(72)65-33-21-24-50(65)60(77-11)44(7)51(68)37-47(61(74)66-34-19-20-35-79-66)36-45-26-28-48(29-27-45)78-40-46-22-15-13-16-23-46/h13,15-16,22-23,26-29,41-44,47,49-50,53,58-60H,12,14,17-21,24-25,30-40H2,1-11H3/t43-,44-,47+,49-,50-,53+,58-,59-,60+/m0/s1. The van der Waals surface area contributed by atoms with Crippen molar-refractivity contribution >= 4 is 47.1 Å². The number of likely N-dealkylation sites (tertiary alicyclic amines) is 1. The number of likely N-dealkylation sites (N-methyl/N-ethyl adjacent to an activating group) is 2. The van der Waals surface area contributed by atoms with Gasteiger partial charge in [0.2, 0.25) is 17.7 Å². The Morgan fingerprint density at radius 2 is 1.44 bits per heavy atom. The maximum atomic E-state index is 14.8. The number of imide groups is 1. The Bertz CT molecular complexity index is 2330. The van der Waals surface area contributed by atoms with Crippen LogP contribution in [0.25, 0.3) is 0 Å². The molecule has 0 unspecified atom stereocenters. The molecule has 3 heterocycles. The van der Waals surface area contributed by atoms with Crippen molar-refractivity contribution in [2.24, 2.45) is 35.5 Å². The highest BCUT2D eigenvalue weighted by atomic mass is 16.7. The summed E-state index contributed by atoms with van der Waals surface area (Å²) in [6, 6.07) is 16.1. The summed E-state index contributed by atoms with van der Waals surface area (Å²) >= 11 is 0. The van der Waals surface area contributed by atoms with Crippen LogP contribution in [0.2, 0.25) is 0 Å². The fourth-order valence-electron chi connectivity index (χ4n) is 11.8. The van der Waals surface area contributed by atoms with Crippen LogP contribution in [0.15, 0.2) is 54.6 Å². The van der Waals surface area contributed by atoms with Gasteiger partial charge in [0, 0.05) is 78.3 Å². The van der Waals surface area contributed by atoms with Crippen LogP contribution >= 0.6 is 0 Å². The third-order valence-corrected chi connectivity index (χ3v) is 16.6. The van der Waals surface area contributed by atoms with E-state index in [0.29, 0.717) is 88.6 Å². The second-order valence-electron chi connectivity index (χ2n) is 23.1. The molecular formula is C62H93N5O13. The molecule has 80 heavy (non-hydrogen) atoms. The molecule has 3 aliphatic rings. The van der Waals surface area contributed by atoms with Crippen molar-refractivity contribution in [1.29, 1.82) is 0 Å². The van der Waals surface area contributed by atoms with Gasteiger partial charge in [-0.1, -0.05) is 104 Å². The first-order valence-electron chi connectivity index (χ1n) is 29.3. The molecule has 3 aliphatic heterocycles. The third-order valence-electron chi connectivity index (χ3n) is 16.6. The van der Waals surface area contributed by atoms with Crippen molar-refractivity contribution in [1.82, 2.24) is 24.8 Å². The van der Waals surface area contributed by atoms with E-state index < -0.39 is 65.9 Å². The smallest absolute Gasteiger partial charge is 0.333 e. The minimum absolute atomic E-state index is 0.0225. The van der Waals surface area contributed by atoms with Crippen LogP contribution in [-0.4, -0.2) is 157 Å². The molecule has 5 amide bonds. The molecule has 0 N–H and O–H groups in total. The molecule has 9 atom stereocenters. The zero-order valence-corrected chi connectivity index (χ0v) is 49.7. The van der Waals surface area contributed by atoms with E-state index in [4.69, 9.17) is 23.9 Å². The number of nitrogens with zero attached hydrogens (tertiary/aromatic N) is 5. The summed E-state index contributed by atoms with van der Waals surface area (Å²) in [6.07, 6.45) is 4.60. The van der Waals surface area contributed by atoms with E-state index in [9.17, 15) is 38.4 Å². The number of carbonyl (C=O) groups excluding carboxylic acids is 8. The van der Waals surface area contributed by atoms with Crippen LogP contribution in [-0.2, 0) is 70.5 Å². The summed E-state index contributed by atoms with van der Waals surface area (Å²) in [5.74, 6) is -4.05. The molecule has 18 heteroatoms. The van der Waals surface area contributed by atoms with Gasteiger partial charge in [0.15, 0.2) is 5.78 Å². The van der Waals surface area contributed by atoms with E-state index in [-0.39, 0.29) is 85.6 Å². The van der Waals surface area contributed by atoms with E-state index >= 15 is 0 Å². The Morgan fingerprint density at radius 3 is 2.04 bits per heavy atom. The normalized spacial score (nSPS) is 18.9. The molecule has 0 aliphatic carbocycles. The topological polar surface area (TPSA) is 199 Å². The molecule has 2 aromatic rings. The number of hydrogen-bond donors (Lipinski definition) is 0. The van der Waals surface area contributed by atoms with E-state index in [1.807, 2.05) is 115 Å². The highest BCUT2D eigenvalue weighted by molar-refractivity contribution is 6.01. The summed E-state index contributed by atoms with van der Waals surface area (Å²) in [5.41, 5.74) is 1.93. The number of Topliss-reactive ketones (excluding diaryl/α,β-unsaturated/α-hetero) is 2. The number of benzene rings is 2. The van der Waals surface area contributed by atoms with Gasteiger partial charge in [0.05, 0.1) is 49.3 Å². The number of ketones is 2. The maximum Gasteiger partial charge on any atom is 0.333 e. The van der Waals surface area contributed by atoms with Gasteiger partial charge in [-0.3, -0.25) is 43.3 Å². The summed E-state index contributed by atoms with van der Waals surface area (Å²) in [5, 5.41) is 1.97. The van der Waals surface area contributed by atoms with Crippen molar-refractivity contribution < 1.29 is 62.2 Å². The van der Waals surface area contributed by atoms with Gasteiger partial charge < -0.3 is 28.8 Å². The Kier molecular flexibility index (Phi) is 26.2. The Hall–Kier alpha value is -5.56. The second kappa shape index (κ2) is 32.2. The number of unbranched alkanes of at least 4 members (excludes halogenated alkanes) is 2. The predicted molar refractivity (Wildman–Crippen MR) is 302 cm³/mol. The second-order valence-corrected chi connectivity index (χ2v) is 23.1. The van der Waals surface area contributed by atoms with Crippen LogP contribution < -0.4 is 4.74 Å². The maximum absolute atomic E-state index is 14.8. The van der Waals surface area contributed by atoms with Crippen LogP contribution in [0.1, 0.15) is 149 Å². The van der Waals surface area contributed by atoms with Crippen molar-refractivity contribution in [2.75, 3.05) is 54.6 Å². The lowest BCUT2D eigenvalue weighted by Gasteiger charge is -2.41. The quantitative estimate of drug-likeness (QED) is 0.0489. The van der Waals surface area contributed by atoms with Gasteiger partial charge in [-0.25, -0.2) is 9.86 Å². The van der Waals surface area contributed by atoms with Crippen molar-refractivity contribution in [2.45, 2.75) is 182 Å². The molecule has 3 saturated heterocycles. The molecule has 5 rings (SSSR count). The Balaban J connectivity index is 1.21. The van der Waals surface area contributed by atoms with Gasteiger partial charge in [-0.05, 0) is 99.6 Å². The van der Waals surface area contributed by atoms with Crippen LogP contribution in [0.4, 0.5) is 0 Å². The molecule has 18 nitrogen and oxygen atoms in total. The fourth-order valence-corrected chi connectivity index (χ4v) is 11.8. The number of hydrogen-bond acceptors (Lipinski definition) is 14. The van der Waals surface area contributed by atoms with Crippen LogP contribution in [0.5, 0.6) is 5.75 Å². The van der Waals surface area contributed by atoms with Crippen molar-refractivity contribution in [3.8, 4) is 5.75 Å². The molecular weight excluding hydrogens is 1020 g/mol. The lowest BCUT2D eigenvalue weighted by Crippen LogP contribution is -2.54. The molecule has 0 aromatic heterocycles. The number of hydroxylamine groups is 4. The number of rotatable bonds is 33. The highest BCUT2D eigenvalue weighted by Gasteiger charge is 2.44. The average molecular weight is 1120 g/mol. The van der Waals surface area contributed by atoms with Gasteiger partial charge in [0.25, 0.3) is 11.8 Å². The van der Waals surface area contributed by atoms with Gasteiger partial charge in [0.1, 0.15) is 18.1 Å². The number of ether oxygens (including phenoxy) is 3. The first kappa shape index (κ1) is 65.3. The summed E-state index contributed by atoms with van der Waals surface area (Å²) in [7, 11) is 6.77. The summed E-state index contributed by atoms with van der Waals surface area (Å²) < 4.78 is 18.3. The van der Waals surface area contributed by atoms with E-state index in [1.54, 1.807) is 31.1 Å². The number of carbonyl (C=O) groups is 8. The first-order chi connectivity index (χ1) is 38.2. The van der Waals surface area contributed by atoms with E-state index in [2.05, 4.69) is 0 Å². The van der Waals surface area contributed by atoms with Crippen molar-refractivity contribution in [3.05, 3.63) is 65.7 Å². The average Bonchev–Trinajstić information content (AvgIpc) is 4.06. The lowest BCUT2D eigenvalue weighted by molar-refractivity contribution is -0.201. The highest BCUT2D eigenvalue weighted by Crippen LogP contribution is 2.33. The molecule has 0 saturated carbocycles. The molecule has 0 spiro atoms. The zero-order chi connectivity index (χ0) is 58.6. The minimum atomic E-state index is -0.691.